The van der Waals surface area contributed by atoms with Gasteiger partial charge < -0.3 is 10.2 Å². The number of fused-ring (bicyclic) bond motifs is 6. The number of ketones is 2. The van der Waals surface area contributed by atoms with Gasteiger partial charge in [-0.1, -0.05) is 75.4 Å². The second-order valence-electron chi connectivity index (χ2n) is 10.5. The third kappa shape index (κ3) is 2.89. The lowest BCUT2D eigenvalue weighted by molar-refractivity contribution is -0.128. The molecule has 6 heteroatoms. The molecule has 1 fully saturated rings. The van der Waals surface area contributed by atoms with Crippen LogP contribution < -0.4 is 10.2 Å². The van der Waals surface area contributed by atoms with Crippen molar-refractivity contribution in [1.29, 1.82) is 0 Å². The minimum atomic E-state index is -1.23. The number of hydrogen-bond acceptors (Lipinski definition) is 5. The molecule has 4 heterocycles. The van der Waals surface area contributed by atoms with Crippen LogP contribution in [0.4, 0.5) is 11.4 Å². The van der Waals surface area contributed by atoms with Gasteiger partial charge in [-0.2, -0.15) is 0 Å². The number of amides is 1. The van der Waals surface area contributed by atoms with E-state index in [1.54, 1.807) is 6.07 Å². The van der Waals surface area contributed by atoms with Gasteiger partial charge in [0.25, 0.3) is 0 Å². The van der Waals surface area contributed by atoms with E-state index in [1.165, 1.54) is 11.3 Å². The van der Waals surface area contributed by atoms with Crippen molar-refractivity contribution in [3.05, 3.63) is 88.1 Å². The number of carbonyl (C=O) groups is 3. The van der Waals surface area contributed by atoms with E-state index in [1.807, 2.05) is 92.9 Å². The minimum Gasteiger partial charge on any atom is -0.352 e. The Morgan fingerprint density at radius 2 is 1.74 bits per heavy atom. The minimum absolute atomic E-state index is 0.0448. The van der Waals surface area contributed by atoms with E-state index in [-0.39, 0.29) is 17.5 Å². The van der Waals surface area contributed by atoms with Crippen molar-refractivity contribution >= 4 is 46.3 Å². The zero-order valence-electron chi connectivity index (χ0n) is 19.8. The fourth-order valence-electron chi connectivity index (χ4n) is 6.14. The zero-order chi connectivity index (χ0) is 24.5. The van der Waals surface area contributed by atoms with Crippen LogP contribution in [0.2, 0.25) is 0 Å². The monoisotopic (exact) mass is 482 g/mol. The third-order valence-corrected chi connectivity index (χ3v) is 8.48. The fraction of sp³-hybridized carbons (Fsp3) is 0.276. The summed E-state index contributed by atoms with van der Waals surface area (Å²) in [6.45, 7) is 5.66. The molecule has 3 aliphatic rings. The average Bonchev–Trinajstić information content (AvgIpc) is 3.55. The van der Waals surface area contributed by atoms with Gasteiger partial charge in [-0.3, -0.25) is 14.4 Å². The van der Waals surface area contributed by atoms with Crippen LogP contribution in [0.5, 0.6) is 0 Å². The van der Waals surface area contributed by atoms with Gasteiger partial charge in [0.1, 0.15) is 11.5 Å². The number of thiophene rings is 1. The van der Waals surface area contributed by atoms with Gasteiger partial charge in [-0.25, -0.2) is 0 Å². The molecule has 1 spiro atoms. The molecular weight excluding hydrogens is 456 g/mol. The molecule has 3 aromatic rings. The number of nitrogens with one attached hydrogen (secondary N) is 1. The predicted molar refractivity (Wildman–Crippen MR) is 139 cm³/mol. The van der Waals surface area contributed by atoms with Crippen LogP contribution in [0, 0.1) is 11.3 Å². The molecule has 4 atom stereocenters. The lowest BCUT2D eigenvalue weighted by Crippen LogP contribution is -2.51. The van der Waals surface area contributed by atoms with E-state index < -0.39 is 28.8 Å². The first-order valence-corrected chi connectivity index (χ1v) is 12.7. The van der Waals surface area contributed by atoms with Crippen molar-refractivity contribution in [3.63, 3.8) is 0 Å². The SMILES string of the molecule is CC(C)(C)C(=O)[C@@H]1[C@H](C(=O)c2cccs2)[C@@]2(C(=O)Nc3ccccc32)[C@@H]2C=Cc3ccccc3N12. The standard InChI is InChI=1S/C29H26N2O3S/c1-28(2,3)26(33)24-23(25(32)21-13-8-16-35-21)29(18-10-5-6-11-19(18)30-27(29)34)22-15-14-17-9-4-7-12-20(17)31(22)24/h4-16,22-24H,1-3H3,(H,30,34)/t22-,23+,24-,29-/m0/s1. The molecule has 5 nitrogen and oxygen atoms in total. The smallest absolute Gasteiger partial charge is 0.238 e. The summed E-state index contributed by atoms with van der Waals surface area (Å²) >= 11 is 1.35. The van der Waals surface area contributed by atoms with Gasteiger partial charge in [0.05, 0.1) is 16.8 Å². The Morgan fingerprint density at radius 3 is 2.49 bits per heavy atom. The summed E-state index contributed by atoms with van der Waals surface area (Å²) in [7, 11) is 0. The molecule has 0 unspecified atom stereocenters. The summed E-state index contributed by atoms with van der Waals surface area (Å²) in [6.07, 6.45) is 4.03. The van der Waals surface area contributed by atoms with Gasteiger partial charge in [0, 0.05) is 16.8 Å². The van der Waals surface area contributed by atoms with E-state index in [9.17, 15) is 14.4 Å². The van der Waals surface area contributed by atoms with Crippen molar-refractivity contribution in [1.82, 2.24) is 0 Å². The largest absolute Gasteiger partial charge is 0.352 e. The van der Waals surface area contributed by atoms with Gasteiger partial charge in [-0.15, -0.1) is 11.3 Å². The van der Waals surface area contributed by atoms with Crippen LogP contribution in [0.1, 0.15) is 41.6 Å². The second-order valence-corrected chi connectivity index (χ2v) is 11.5. The number of Topliss-reactive ketones (excluding diaryl/α,β-unsaturated/α-hetero) is 2. The molecule has 0 radical (unpaired) electrons. The highest BCUT2D eigenvalue weighted by molar-refractivity contribution is 7.12. The van der Waals surface area contributed by atoms with Crippen molar-refractivity contribution in [2.45, 2.75) is 38.3 Å². The van der Waals surface area contributed by atoms with E-state index in [0.717, 1.165) is 16.8 Å². The third-order valence-electron chi connectivity index (χ3n) is 7.60. The summed E-state index contributed by atoms with van der Waals surface area (Å²) in [5.41, 5.74) is 1.40. The summed E-state index contributed by atoms with van der Waals surface area (Å²) < 4.78 is 0. The van der Waals surface area contributed by atoms with Gasteiger partial charge in [0.15, 0.2) is 11.6 Å². The molecule has 0 bridgehead atoms. The zero-order valence-corrected chi connectivity index (χ0v) is 20.6. The Labute approximate surface area is 208 Å². The van der Waals surface area contributed by atoms with Crippen LogP contribution in [0.3, 0.4) is 0 Å². The molecule has 0 saturated carbocycles. The summed E-state index contributed by atoms with van der Waals surface area (Å²) in [4.78, 5) is 45.3. The molecule has 2 aromatic carbocycles. The molecular formula is C29H26N2O3S. The highest BCUT2D eigenvalue weighted by Gasteiger charge is 2.70. The van der Waals surface area contributed by atoms with E-state index in [0.29, 0.717) is 10.6 Å². The van der Waals surface area contributed by atoms with E-state index >= 15 is 0 Å². The molecule has 6 rings (SSSR count). The van der Waals surface area contributed by atoms with Gasteiger partial charge in [0.2, 0.25) is 5.91 Å². The van der Waals surface area contributed by atoms with Crippen LogP contribution in [-0.2, 0) is 15.0 Å². The lowest BCUT2D eigenvalue weighted by Gasteiger charge is -2.38. The second kappa shape index (κ2) is 7.49. The molecule has 3 aliphatic heterocycles. The maximum absolute atomic E-state index is 14.3. The molecule has 176 valence electrons. The van der Waals surface area contributed by atoms with Crippen molar-refractivity contribution < 1.29 is 14.4 Å². The number of anilines is 2. The molecule has 35 heavy (non-hydrogen) atoms. The molecule has 0 aliphatic carbocycles. The number of hydrogen-bond donors (Lipinski definition) is 1. The van der Waals surface area contributed by atoms with Crippen LogP contribution in [0.25, 0.3) is 6.08 Å². The average molecular weight is 483 g/mol. The first-order chi connectivity index (χ1) is 16.8. The maximum atomic E-state index is 14.3. The summed E-state index contributed by atoms with van der Waals surface area (Å²) in [5.74, 6) is -1.31. The predicted octanol–water partition coefficient (Wildman–Crippen LogP) is 5.34. The van der Waals surface area contributed by atoms with Crippen LogP contribution in [0.15, 0.2) is 72.1 Å². The topological polar surface area (TPSA) is 66.5 Å². The molecule has 1 amide bonds. The number of para-hydroxylation sites is 2. The molecule has 1 saturated heterocycles. The summed E-state index contributed by atoms with van der Waals surface area (Å²) in [5, 5.41) is 4.92. The van der Waals surface area contributed by atoms with Gasteiger partial charge in [-0.05, 0) is 34.7 Å². The normalized spacial score (nSPS) is 26.3. The van der Waals surface area contributed by atoms with Crippen molar-refractivity contribution in [2.75, 3.05) is 10.2 Å². The fourth-order valence-corrected chi connectivity index (χ4v) is 6.84. The Hall–Kier alpha value is -3.51. The van der Waals surface area contributed by atoms with Crippen LogP contribution in [-0.4, -0.2) is 29.6 Å². The molecule has 1 aromatic heterocycles. The van der Waals surface area contributed by atoms with E-state index in [2.05, 4.69) is 10.2 Å². The highest BCUT2D eigenvalue weighted by Crippen LogP contribution is 2.58. The Morgan fingerprint density at radius 1 is 1.00 bits per heavy atom. The number of carbonyl (C=O) groups excluding carboxylic acids is 3. The Kier molecular flexibility index (Phi) is 4.71. The van der Waals surface area contributed by atoms with Gasteiger partial charge >= 0.3 is 0 Å². The molecule has 1 N–H and O–H groups in total. The number of nitrogens with zero attached hydrogens (tertiary/aromatic N) is 1. The Balaban J connectivity index is 1.69. The maximum Gasteiger partial charge on any atom is 0.238 e. The summed E-state index contributed by atoms with van der Waals surface area (Å²) in [6, 6.07) is 17.8. The Bertz CT molecular complexity index is 1400. The van der Waals surface area contributed by atoms with E-state index in [4.69, 9.17) is 0 Å². The first kappa shape index (κ1) is 22.0. The van der Waals surface area contributed by atoms with Crippen LogP contribution >= 0.6 is 11.3 Å². The van der Waals surface area contributed by atoms with Crippen molar-refractivity contribution in [2.24, 2.45) is 11.3 Å². The first-order valence-electron chi connectivity index (χ1n) is 11.8. The van der Waals surface area contributed by atoms with Crippen molar-refractivity contribution in [3.8, 4) is 0 Å². The number of rotatable bonds is 3. The quantitative estimate of drug-likeness (QED) is 0.512. The highest BCUT2D eigenvalue weighted by atomic mass is 32.1. The number of benzene rings is 2. The lowest BCUT2D eigenvalue weighted by atomic mass is 9.64.